The van der Waals surface area contributed by atoms with Crippen molar-refractivity contribution in [3.05, 3.63) is 12.2 Å². The van der Waals surface area contributed by atoms with E-state index in [-0.39, 0.29) is 5.82 Å². The standard InChI is InChI=1S/C9H11N5O2/c1-3-6-12-8(10)7-9(13-6)14(4-11-7)16-5(2)15/h4H,3H2,1-2H3,(H2,10,12,13). The summed E-state index contributed by atoms with van der Waals surface area (Å²) in [5.74, 6) is 0.418. The lowest BCUT2D eigenvalue weighted by Gasteiger charge is -2.03. The fraction of sp³-hybridized carbons (Fsp3) is 0.333. The van der Waals surface area contributed by atoms with Crippen LogP contribution in [-0.2, 0) is 11.2 Å². The summed E-state index contributed by atoms with van der Waals surface area (Å²) in [5.41, 5.74) is 6.54. The van der Waals surface area contributed by atoms with Crippen molar-refractivity contribution in [2.75, 3.05) is 5.73 Å². The Morgan fingerprint density at radius 1 is 1.56 bits per heavy atom. The van der Waals surface area contributed by atoms with Crippen LogP contribution in [-0.4, -0.2) is 25.7 Å². The first-order valence-electron chi connectivity index (χ1n) is 4.80. The molecule has 0 saturated carbocycles. The third kappa shape index (κ3) is 1.67. The maximum absolute atomic E-state index is 10.8. The molecule has 0 amide bonds. The molecule has 0 aromatic carbocycles. The lowest BCUT2D eigenvalue weighted by atomic mass is 10.4. The fourth-order valence-corrected chi connectivity index (χ4v) is 1.31. The van der Waals surface area contributed by atoms with Gasteiger partial charge in [0.05, 0.1) is 0 Å². The number of fused-ring (bicyclic) bond motifs is 1. The Morgan fingerprint density at radius 3 is 2.94 bits per heavy atom. The minimum atomic E-state index is -0.450. The maximum Gasteiger partial charge on any atom is 0.330 e. The van der Waals surface area contributed by atoms with E-state index in [2.05, 4.69) is 15.0 Å². The molecule has 0 spiro atoms. The molecule has 0 saturated heterocycles. The summed E-state index contributed by atoms with van der Waals surface area (Å²) < 4.78 is 1.19. The number of rotatable bonds is 2. The van der Waals surface area contributed by atoms with Gasteiger partial charge in [-0.3, -0.25) is 0 Å². The minimum Gasteiger partial charge on any atom is -0.382 e. The maximum atomic E-state index is 10.8. The van der Waals surface area contributed by atoms with Crippen LogP contribution >= 0.6 is 0 Å². The normalized spacial score (nSPS) is 10.6. The highest BCUT2D eigenvalue weighted by Gasteiger charge is 2.12. The lowest BCUT2D eigenvalue weighted by Crippen LogP contribution is -2.16. The second kappa shape index (κ2) is 3.76. The van der Waals surface area contributed by atoms with Gasteiger partial charge in [-0.2, -0.15) is 0 Å². The number of anilines is 1. The number of nitrogens with two attached hydrogens (primary N) is 1. The Labute approximate surface area is 91.2 Å². The van der Waals surface area contributed by atoms with Crippen LogP contribution in [0.1, 0.15) is 19.7 Å². The molecule has 16 heavy (non-hydrogen) atoms. The first-order chi connectivity index (χ1) is 7.61. The van der Waals surface area contributed by atoms with E-state index >= 15 is 0 Å². The average molecular weight is 221 g/mol. The SMILES string of the molecule is CCc1nc(N)c2ncn(OC(C)=O)c2n1. The van der Waals surface area contributed by atoms with Crippen molar-refractivity contribution < 1.29 is 9.63 Å². The fourth-order valence-electron chi connectivity index (χ4n) is 1.31. The lowest BCUT2D eigenvalue weighted by molar-refractivity contribution is -0.141. The van der Waals surface area contributed by atoms with Gasteiger partial charge in [-0.25, -0.2) is 19.7 Å². The molecule has 7 nitrogen and oxygen atoms in total. The van der Waals surface area contributed by atoms with Gasteiger partial charge in [-0.15, -0.1) is 4.73 Å². The minimum absolute atomic E-state index is 0.285. The van der Waals surface area contributed by atoms with Crippen LogP contribution in [0.3, 0.4) is 0 Å². The number of hydrogen-bond donors (Lipinski definition) is 1. The van der Waals surface area contributed by atoms with E-state index in [0.29, 0.717) is 23.4 Å². The van der Waals surface area contributed by atoms with E-state index in [1.807, 2.05) is 6.92 Å². The van der Waals surface area contributed by atoms with Crippen molar-refractivity contribution >= 4 is 23.0 Å². The van der Waals surface area contributed by atoms with Gasteiger partial charge in [0.25, 0.3) is 0 Å². The molecule has 2 aromatic heterocycles. The van der Waals surface area contributed by atoms with Crippen LogP contribution in [0.15, 0.2) is 6.33 Å². The number of nitrogens with zero attached hydrogens (tertiary/aromatic N) is 4. The predicted octanol–water partition coefficient (Wildman–Crippen LogP) is -0.0540. The van der Waals surface area contributed by atoms with Gasteiger partial charge in [-0.1, -0.05) is 6.92 Å². The van der Waals surface area contributed by atoms with Gasteiger partial charge in [0.1, 0.15) is 12.2 Å². The molecule has 84 valence electrons. The molecule has 0 aliphatic heterocycles. The molecule has 0 aliphatic rings. The first-order valence-corrected chi connectivity index (χ1v) is 4.80. The van der Waals surface area contributed by atoms with Gasteiger partial charge >= 0.3 is 5.97 Å². The monoisotopic (exact) mass is 221 g/mol. The Kier molecular flexibility index (Phi) is 2.43. The van der Waals surface area contributed by atoms with E-state index < -0.39 is 5.97 Å². The number of hydrogen-bond acceptors (Lipinski definition) is 6. The van der Waals surface area contributed by atoms with E-state index in [9.17, 15) is 4.79 Å². The largest absolute Gasteiger partial charge is 0.382 e. The van der Waals surface area contributed by atoms with E-state index in [4.69, 9.17) is 10.6 Å². The number of carbonyl (C=O) groups excluding carboxylic acids is 1. The van der Waals surface area contributed by atoms with E-state index in [1.54, 1.807) is 0 Å². The van der Waals surface area contributed by atoms with Crippen molar-refractivity contribution in [3.8, 4) is 0 Å². The predicted molar refractivity (Wildman–Crippen MR) is 56.4 cm³/mol. The molecule has 2 aromatic rings. The van der Waals surface area contributed by atoms with Gasteiger partial charge in [-0.05, 0) is 0 Å². The van der Waals surface area contributed by atoms with Crippen molar-refractivity contribution in [2.24, 2.45) is 0 Å². The average Bonchev–Trinajstić information content (AvgIpc) is 2.61. The molecule has 2 N–H and O–H groups in total. The van der Waals surface area contributed by atoms with Gasteiger partial charge in [0, 0.05) is 13.3 Å². The van der Waals surface area contributed by atoms with Crippen molar-refractivity contribution in [3.63, 3.8) is 0 Å². The third-order valence-electron chi connectivity index (χ3n) is 1.98. The zero-order valence-electron chi connectivity index (χ0n) is 8.97. The van der Waals surface area contributed by atoms with Crippen LogP contribution in [0.4, 0.5) is 5.82 Å². The molecular formula is C9H11N5O2. The molecule has 0 aliphatic carbocycles. The molecule has 0 bridgehead atoms. The number of carbonyl (C=O) groups is 1. The van der Waals surface area contributed by atoms with Crippen LogP contribution in [0.5, 0.6) is 0 Å². The van der Waals surface area contributed by atoms with Gasteiger partial charge < -0.3 is 10.6 Å². The van der Waals surface area contributed by atoms with Gasteiger partial charge in [0.2, 0.25) is 5.65 Å². The molecule has 0 fully saturated rings. The zero-order chi connectivity index (χ0) is 11.7. The topological polar surface area (TPSA) is 95.9 Å². The smallest absolute Gasteiger partial charge is 0.330 e. The Morgan fingerprint density at radius 2 is 2.31 bits per heavy atom. The first kappa shape index (κ1) is 10.3. The van der Waals surface area contributed by atoms with Crippen LogP contribution in [0.25, 0.3) is 11.2 Å². The highest BCUT2D eigenvalue weighted by Crippen LogP contribution is 2.15. The summed E-state index contributed by atoms with van der Waals surface area (Å²) in [5, 5.41) is 0. The molecule has 0 radical (unpaired) electrons. The van der Waals surface area contributed by atoms with E-state index in [1.165, 1.54) is 18.0 Å². The number of aryl methyl sites for hydroxylation is 1. The third-order valence-corrected chi connectivity index (χ3v) is 1.98. The molecular weight excluding hydrogens is 210 g/mol. The summed E-state index contributed by atoms with van der Waals surface area (Å²) in [6, 6.07) is 0. The molecule has 2 rings (SSSR count). The van der Waals surface area contributed by atoms with E-state index in [0.717, 1.165) is 0 Å². The summed E-state index contributed by atoms with van der Waals surface area (Å²) in [7, 11) is 0. The number of aromatic nitrogens is 4. The summed E-state index contributed by atoms with van der Waals surface area (Å²) in [6.07, 6.45) is 1.99. The molecule has 0 unspecified atom stereocenters. The molecule has 7 heteroatoms. The second-order valence-electron chi connectivity index (χ2n) is 3.20. The summed E-state index contributed by atoms with van der Waals surface area (Å²) in [4.78, 5) is 28.0. The second-order valence-corrected chi connectivity index (χ2v) is 3.20. The Bertz CT molecular complexity index is 548. The zero-order valence-corrected chi connectivity index (χ0v) is 8.97. The molecule has 2 heterocycles. The number of nitrogen functional groups attached to an aromatic ring is 1. The Balaban J connectivity index is 2.60. The summed E-state index contributed by atoms with van der Waals surface area (Å²) >= 11 is 0. The molecule has 0 atom stereocenters. The highest BCUT2D eigenvalue weighted by molar-refractivity contribution is 5.81. The van der Waals surface area contributed by atoms with Crippen LogP contribution < -0.4 is 10.6 Å². The number of imidazole rings is 1. The highest BCUT2D eigenvalue weighted by atomic mass is 16.7. The van der Waals surface area contributed by atoms with Crippen molar-refractivity contribution in [1.82, 2.24) is 19.7 Å². The quantitative estimate of drug-likeness (QED) is 0.763. The van der Waals surface area contributed by atoms with Crippen LogP contribution in [0, 0.1) is 0 Å². The van der Waals surface area contributed by atoms with Crippen molar-refractivity contribution in [1.29, 1.82) is 0 Å². The van der Waals surface area contributed by atoms with Crippen molar-refractivity contribution in [2.45, 2.75) is 20.3 Å². The Hall–Kier alpha value is -2.18. The van der Waals surface area contributed by atoms with Crippen LogP contribution in [0.2, 0.25) is 0 Å². The van der Waals surface area contributed by atoms with Gasteiger partial charge in [0.15, 0.2) is 11.3 Å². The summed E-state index contributed by atoms with van der Waals surface area (Å²) in [6.45, 7) is 3.21.